The van der Waals surface area contributed by atoms with Crippen molar-refractivity contribution < 1.29 is 13.9 Å². The van der Waals surface area contributed by atoms with Crippen molar-refractivity contribution in [3.63, 3.8) is 0 Å². The van der Waals surface area contributed by atoms with Gasteiger partial charge < -0.3 is 4.74 Å². The van der Waals surface area contributed by atoms with Crippen LogP contribution in [0.3, 0.4) is 0 Å². The van der Waals surface area contributed by atoms with Crippen LogP contribution in [-0.4, -0.2) is 36.6 Å². The summed E-state index contributed by atoms with van der Waals surface area (Å²) in [5.74, 6) is -0.334. The predicted octanol–water partition coefficient (Wildman–Crippen LogP) is 2.08. The number of carbonyl (C=O) groups is 1. The Balaban J connectivity index is 1.68. The summed E-state index contributed by atoms with van der Waals surface area (Å²) >= 11 is 0. The molecule has 0 spiro atoms. The number of halogens is 1. The quantitative estimate of drug-likeness (QED) is 0.751. The summed E-state index contributed by atoms with van der Waals surface area (Å²) in [6.07, 6.45) is 2.17. The molecule has 3 aliphatic rings. The molecule has 0 amide bonds. The van der Waals surface area contributed by atoms with Gasteiger partial charge in [0.1, 0.15) is 11.9 Å². The van der Waals surface area contributed by atoms with Gasteiger partial charge in [0.25, 0.3) is 0 Å². The molecule has 4 heteroatoms. The third-order valence-corrected chi connectivity index (χ3v) is 3.91. The summed E-state index contributed by atoms with van der Waals surface area (Å²) in [6.45, 7) is 3.04. The molecule has 0 aliphatic carbocycles. The Morgan fingerprint density at radius 1 is 1.33 bits per heavy atom. The Labute approximate surface area is 106 Å². The van der Waals surface area contributed by atoms with Crippen LogP contribution in [-0.2, 0) is 4.74 Å². The van der Waals surface area contributed by atoms with Crippen molar-refractivity contribution in [3.8, 4) is 0 Å². The van der Waals surface area contributed by atoms with Crippen LogP contribution in [0.5, 0.6) is 0 Å². The summed E-state index contributed by atoms with van der Waals surface area (Å²) < 4.78 is 18.6. The highest BCUT2D eigenvalue weighted by Gasteiger charge is 2.36. The zero-order chi connectivity index (χ0) is 12.5. The minimum absolute atomic E-state index is 0.0248. The lowest BCUT2D eigenvalue weighted by Crippen LogP contribution is -2.51. The molecule has 0 N–H and O–H groups in total. The van der Waals surface area contributed by atoms with E-state index in [0.29, 0.717) is 11.5 Å². The molecule has 4 rings (SSSR count). The first-order valence-electron chi connectivity index (χ1n) is 6.41. The van der Waals surface area contributed by atoms with Gasteiger partial charge in [0.15, 0.2) is 0 Å². The van der Waals surface area contributed by atoms with Crippen molar-refractivity contribution in [3.05, 3.63) is 35.6 Å². The zero-order valence-corrected chi connectivity index (χ0v) is 10.1. The summed E-state index contributed by atoms with van der Waals surface area (Å²) in [4.78, 5) is 14.3. The number of fused-ring (bicyclic) bond motifs is 3. The summed E-state index contributed by atoms with van der Waals surface area (Å²) in [5.41, 5.74) is 0.298. The molecule has 1 aromatic rings. The maximum absolute atomic E-state index is 13.0. The van der Waals surface area contributed by atoms with E-state index in [1.54, 1.807) is 6.07 Å². The number of nitrogens with zero attached hydrogens (tertiary/aromatic N) is 1. The van der Waals surface area contributed by atoms with E-state index in [-0.39, 0.29) is 6.10 Å². The van der Waals surface area contributed by atoms with E-state index in [1.165, 1.54) is 18.2 Å². The largest absolute Gasteiger partial charge is 0.457 e. The van der Waals surface area contributed by atoms with Crippen LogP contribution < -0.4 is 0 Å². The highest BCUT2D eigenvalue weighted by Crippen LogP contribution is 2.30. The van der Waals surface area contributed by atoms with Crippen molar-refractivity contribution in [1.82, 2.24) is 4.90 Å². The number of rotatable bonds is 2. The fraction of sp³-hybridized carbons (Fsp3) is 0.500. The summed E-state index contributed by atoms with van der Waals surface area (Å²) in [6, 6.07) is 5.67. The number of esters is 1. The molecule has 0 unspecified atom stereocenters. The predicted molar refractivity (Wildman–Crippen MR) is 64.8 cm³/mol. The minimum Gasteiger partial charge on any atom is -0.457 e. The fourth-order valence-electron chi connectivity index (χ4n) is 2.87. The van der Waals surface area contributed by atoms with Gasteiger partial charge in [-0.2, -0.15) is 0 Å². The molecular weight excluding hydrogens is 233 g/mol. The van der Waals surface area contributed by atoms with E-state index >= 15 is 0 Å². The second-order valence-corrected chi connectivity index (χ2v) is 5.09. The van der Waals surface area contributed by atoms with Crippen molar-refractivity contribution in [2.75, 3.05) is 19.6 Å². The Hall–Kier alpha value is -1.42. The molecular formula is C14H16FNO2. The van der Waals surface area contributed by atoms with Crippen LogP contribution in [0, 0.1) is 11.7 Å². The average Bonchev–Trinajstić information content (AvgIpc) is 2.40. The molecule has 3 heterocycles. The molecule has 0 saturated carbocycles. The van der Waals surface area contributed by atoms with Gasteiger partial charge in [0, 0.05) is 6.54 Å². The van der Waals surface area contributed by atoms with Gasteiger partial charge in [-0.15, -0.1) is 0 Å². The van der Waals surface area contributed by atoms with Gasteiger partial charge >= 0.3 is 5.97 Å². The molecule has 3 saturated heterocycles. The lowest BCUT2D eigenvalue weighted by atomic mass is 9.86. The third kappa shape index (κ3) is 2.25. The zero-order valence-electron chi connectivity index (χ0n) is 10.1. The van der Waals surface area contributed by atoms with Crippen LogP contribution in [0.4, 0.5) is 4.39 Å². The number of carbonyl (C=O) groups excluding carboxylic acids is 1. The van der Waals surface area contributed by atoms with Gasteiger partial charge in [-0.3, -0.25) is 4.90 Å². The first kappa shape index (κ1) is 11.7. The smallest absolute Gasteiger partial charge is 0.338 e. The maximum Gasteiger partial charge on any atom is 0.338 e. The van der Waals surface area contributed by atoms with Gasteiger partial charge in [-0.05, 0) is 50.0 Å². The molecule has 3 fully saturated rings. The Kier molecular flexibility index (Phi) is 3.04. The number of hydrogen-bond donors (Lipinski definition) is 0. The van der Waals surface area contributed by atoms with Crippen LogP contribution in [0.25, 0.3) is 0 Å². The number of benzene rings is 1. The molecule has 2 bridgehead atoms. The number of piperidine rings is 3. The van der Waals surface area contributed by atoms with Crippen LogP contribution in [0.15, 0.2) is 24.3 Å². The highest BCUT2D eigenvalue weighted by atomic mass is 19.1. The second-order valence-electron chi connectivity index (χ2n) is 5.09. The summed E-state index contributed by atoms with van der Waals surface area (Å²) in [7, 11) is 0. The van der Waals surface area contributed by atoms with Crippen LogP contribution in [0.2, 0.25) is 0 Å². The van der Waals surface area contributed by atoms with E-state index < -0.39 is 11.8 Å². The molecule has 1 atom stereocenters. The van der Waals surface area contributed by atoms with Crippen molar-refractivity contribution in [2.24, 2.45) is 5.92 Å². The van der Waals surface area contributed by atoms with Crippen LogP contribution in [0.1, 0.15) is 23.2 Å². The SMILES string of the molecule is O=C(O[C@H]1CN2CCC1CC2)c1cccc(F)c1. The molecule has 0 aromatic heterocycles. The average molecular weight is 249 g/mol. The van der Waals surface area contributed by atoms with Gasteiger partial charge in [-0.25, -0.2) is 9.18 Å². The normalized spacial score (nSPS) is 30.2. The first-order valence-corrected chi connectivity index (χ1v) is 6.41. The van der Waals surface area contributed by atoms with E-state index in [2.05, 4.69) is 4.90 Å². The number of hydrogen-bond acceptors (Lipinski definition) is 3. The molecule has 3 aliphatic heterocycles. The topological polar surface area (TPSA) is 29.5 Å². The fourth-order valence-corrected chi connectivity index (χ4v) is 2.87. The minimum atomic E-state index is -0.409. The molecule has 1 aromatic carbocycles. The Bertz CT molecular complexity index is 455. The van der Waals surface area contributed by atoms with Crippen molar-refractivity contribution in [1.29, 1.82) is 0 Å². The Morgan fingerprint density at radius 3 is 2.72 bits per heavy atom. The number of ether oxygens (including phenoxy) is 1. The molecule has 18 heavy (non-hydrogen) atoms. The van der Waals surface area contributed by atoms with Crippen LogP contribution >= 0.6 is 0 Å². The second kappa shape index (κ2) is 4.69. The van der Waals surface area contributed by atoms with E-state index in [0.717, 1.165) is 32.5 Å². The first-order chi connectivity index (χ1) is 8.72. The lowest BCUT2D eigenvalue weighted by molar-refractivity contribution is -0.0456. The monoisotopic (exact) mass is 249 g/mol. The van der Waals surface area contributed by atoms with Gasteiger partial charge in [-0.1, -0.05) is 6.07 Å². The van der Waals surface area contributed by atoms with E-state index in [1.807, 2.05) is 0 Å². The standard InChI is InChI=1S/C14H16FNO2/c15-12-3-1-2-11(8-12)14(17)18-13-9-16-6-4-10(13)5-7-16/h1-3,8,10,13H,4-7,9H2/t13-/m0/s1. The molecule has 0 radical (unpaired) electrons. The molecule has 96 valence electrons. The third-order valence-electron chi connectivity index (χ3n) is 3.91. The van der Waals surface area contributed by atoms with Gasteiger partial charge in [0.2, 0.25) is 0 Å². The van der Waals surface area contributed by atoms with E-state index in [4.69, 9.17) is 4.74 Å². The van der Waals surface area contributed by atoms with Crippen molar-refractivity contribution >= 4 is 5.97 Å². The highest BCUT2D eigenvalue weighted by molar-refractivity contribution is 5.89. The lowest BCUT2D eigenvalue weighted by Gasteiger charge is -2.43. The summed E-state index contributed by atoms with van der Waals surface area (Å²) in [5, 5.41) is 0. The van der Waals surface area contributed by atoms with Crippen molar-refractivity contribution in [2.45, 2.75) is 18.9 Å². The molecule has 3 nitrogen and oxygen atoms in total. The Morgan fingerprint density at radius 2 is 2.11 bits per heavy atom. The maximum atomic E-state index is 13.0. The van der Waals surface area contributed by atoms with E-state index in [9.17, 15) is 9.18 Å². The van der Waals surface area contributed by atoms with Gasteiger partial charge in [0.05, 0.1) is 5.56 Å².